The van der Waals surface area contributed by atoms with Gasteiger partial charge in [0.25, 0.3) is 0 Å². The highest BCUT2D eigenvalue weighted by atomic mass is 14.3. The zero-order chi connectivity index (χ0) is 10.6. The molecule has 1 fully saturated rings. The lowest BCUT2D eigenvalue weighted by molar-refractivity contribution is 0.563. The van der Waals surface area contributed by atoms with Gasteiger partial charge < -0.3 is 0 Å². The maximum Gasteiger partial charge on any atom is 0.0233 e. The molecule has 0 aromatic carbocycles. The molecule has 0 N–H and O–H groups in total. The first-order valence-corrected chi connectivity index (χ1v) is 4.25. The van der Waals surface area contributed by atoms with Crippen molar-refractivity contribution in [1.82, 2.24) is 0 Å². The molecular weight excluding hydrogens is 120 g/mol. The van der Waals surface area contributed by atoms with E-state index < -0.39 is 6.85 Å². The van der Waals surface area contributed by atoms with Crippen molar-refractivity contribution < 1.29 is 4.11 Å². The molecule has 62 valence electrons. The van der Waals surface area contributed by atoms with Crippen molar-refractivity contribution in [3.05, 3.63) is 0 Å². The average Bonchev–Trinajstić information content (AvgIpc) is 2.65. The summed E-state index contributed by atoms with van der Waals surface area (Å²) in [4.78, 5) is 0. The van der Waals surface area contributed by atoms with Gasteiger partial charge in [0.1, 0.15) is 0 Å². The molecule has 0 heterocycles. The molecule has 0 heteroatoms. The van der Waals surface area contributed by atoms with Crippen LogP contribution in [0.1, 0.15) is 51.5 Å². The average molecular weight is 145 g/mol. The maximum atomic E-state index is 6.72. The predicted molar refractivity (Wildman–Crippen MR) is 48.1 cm³/mol. The number of hydrogen-bond donors (Lipinski definition) is 0. The van der Waals surface area contributed by atoms with E-state index in [4.69, 9.17) is 4.11 Å². The highest BCUT2D eigenvalue weighted by Gasteiger charge is 2.23. The molecule has 0 aliphatic heterocycles. The summed E-state index contributed by atoms with van der Waals surface area (Å²) >= 11 is 0. The summed E-state index contributed by atoms with van der Waals surface area (Å²) < 4.78 is 20.2. The SMILES string of the molecule is CC(C)C1CC1.[2H]C([2H])([2H])C(C)C. The van der Waals surface area contributed by atoms with E-state index in [-0.39, 0.29) is 5.92 Å². The van der Waals surface area contributed by atoms with E-state index >= 15 is 0 Å². The Bertz CT molecular complexity index is 132. The second kappa shape index (κ2) is 4.76. The lowest BCUT2D eigenvalue weighted by Gasteiger charge is -1.94. The van der Waals surface area contributed by atoms with E-state index in [1.54, 1.807) is 13.8 Å². The van der Waals surface area contributed by atoms with E-state index in [1.165, 1.54) is 12.8 Å². The fourth-order valence-corrected chi connectivity index (χ4v) is 0.763. The van der Waals surface area contributed by atoms with E-state index in [0.717, 1.165) is 11.8 Å². The first kappa shape index (κ1) is 5.62. The van der Waals surface area contributed by atoms with Crippen LogP contribution in [0.25, 0.3) is 0 Å². The van der Waals surface area contributed by atoms with Gasteiger partial charge in [0.15, 0.2) is 0 Å². The predicted octanol–water partition coefficient (Wildman–Crippen LogP) is 3.71. The maximum absolute atomic E-state index is 6.72. The monoisotopic (exact) mass is 145 g/mol. The Labute approximate surface area is 70.2 Å². The van der Waals surface area contributed by atoms with Crippen LogP contribution in [0, 0.1) is 17.8 Å². The van der Waals surface area contributed by atoms with E-state index in [2.05, 4.69) is 13.8 Å². The van der Waals surface area contributed by atoms with E-state index in [1.807, 2.05) is 0 Å². The van der Waals surface area contributed by atoms with Crippen molar-refractivity contribution in [2.75, 3.05) is 0 Å². The second-order valence-corrected chi connectivity index (χ2v) is 3.74. The number of hydrogen-bond acceptors (Lipinski definition) is 0. The molecule has 0 radical (unpaired) electrons. The second-order valence-electron chi connectivity index (χ2n) is 3.74. The molecule has 0 aromatic rings. The van der Waals surface area contributed by atoms with Crippen LogP contribution in [0.3, 0.4) is 0 Å². The Morgan fingerprint density at radius 2 is 1.60 bits per heavy atom. The van der Waals surface area contributed by atoms with Crippen LogP contribution in [0.5, 0.6) is 0 Å². The van der Waals surface area contributed by atoms with Gasteiger partial charge in [0, 0.05) is 4.11 Å². The molecule has 0 aromatic heterocycles. The fourth-order valence-electron chi connectivity index (χ4n) is 0.763. The van der Waals surface area contributed by atoms with Gasteiger partial charge in [-0.15, -0.1) is 0 Å². The van der Waals surface area contributed by atoms with Crippen LogP contribution in [0.15, 0.2) is 0 Å². The lowest BCUT2D eigenvalue weighted by atomic mass is 10.1. The molecule has 1 saturated carbocycles. The van der Waals surface area contributed by atoms with E-state index in [9.17, 15) is 0 Å². The molecule has 0 unspecified atom stereocenters. The normalized spacial score (nSPS) is 22.8. The topological polar surface area (TPSA) is 0 Å². The minimum atomic E-state index is -1.75. The van der Waals surface area contributed by atoms with Crippen LogP contribution < -0.4 is 0 Å². The molecule has 0 bridgehead atoms. The summed E-state index contributed by atoms with van der Waals surface area (Å²) in [6, 6.07) is 0. The molecule has 0 amide bonds. The highest BCUT2D eigenvalue weighted by molar-refractivity contribution is 4.75. The summed E-state index contributed by atoms with van der Waals surface area (Å²) in [5, 5.41) is 0. The van der Waals surface area contributed by atoms with Gasteiger partial charge in [-0.25, -0.2) is 0 Å². The van der Waals surface area contributed by atoms with Crippen molar-refractivity contribution in [2.24, 2.45) is 17.8 Å². The van der Waals surface area contributed by atoms with Crippen molar-refractivity contribution in [1.29, 1.82) is 0 Å². The van der Waals surface area contributed by atoms with Gasteiger partial charge in [-0.3, -0.25) is 0 Å². The van der Waals surface area contributed by atoms with Crippen molar-refractivity contribution in [2.45, 2.75) is 47.4 Å². The van der Waals surface area contributed by atoms with Gasteiger partial charge in [-0.05, 0) is 30.6 Å². The Hall–Kier alpha value is 0. The summed E-state index contributed by atoms with van der Waals surface area (Å²) in [5.41, 5.74) is 0. The molecule has 10 heavy (non-hydrogen) atoms. The smallest absolute Gasteiger partial charge is 0.0233 e. The molecule has 0 nitrogen and oxygen atoms in total. The Balaban J connectivity index is 0.000000223. The van der Waals surface area contributed by atoms with Crippen molar-refractivity contribution in [3.8, 4) is 0 Å². The van der Waals surface area contributed by atoms with Gasteiger partial charge in [0.05, 0.1) is 0 Å². The Kier molecular flexibility index (Phi) is 2.68. The highest BCUT2D eigenvalue weighted by Crippen LogP contribution is 2.35. The molecule has 0 atom stereocenters. The molecule has 1 rings (SSSR count). The third-order valence-corrected chi connectivity index (χ3v) is 1.56. The number of rotatable bonds is 1. The van der Waals surface area contributed by atoms with E-state index in [0.29, 0.717) is 0 Å². The zero-order valence-corrected chi connectivity index (χ0v) is 7.65. The van der Waals surface area contributed by atoms with Gasteiger partial charge in [-0.2, -0.15) is 0 Å². The molecule has 1 aliphatic rings. The van der Waals surface area contributed by atoms with Gasteiger partial charge in [0.2, 0.25) is 0 Å². The Morgan fingerprint density at radius 3 is 1.60 bits per heavy atom. The minimum Gasteiger partial charge on any atom is -0.0630 e. The minimum absolute atomic E-state index is 0.201. The van der Waals surface area contributed by atoms with Crippen molar-refractivity contribution in [3.63, 3.8) is 0 Å². The van der Waals surface area contributed by atoms with Crippen LogP contribution >= 0.6 is 0 Å². The third-order valence-electron chi connectivity index (χ3n) is 1.56. The molecule has 0 saturated heterocycles. The molecule has 0 spiro atoms. The van der Waals surface area contributed by atoms with Crippen LogP contribution in [0.4, 0.5) is 0 Å². The zero-order valence-electron chi connectivity index (χ0n) is 10.6. The van der Waals surface area contributed by atoms with Crippen LogP contribution in [-0.4, -0.2) is 0 Å². The van der Waals surface area contributed by atoms with Crippen molar-refractivity contribution >= 4 is 0 Å². The van der Waals surface area contributed by atoms with Gasteiger partial charge >= 0.3 is 0 Å². The standard InChI is InChI=1S/C6H12.C4H10/c1-5(2)6-3-4-6;1-4(2)3/h5-6H,3-4H2,1-2H3;4H,1-3H3/i;1D3. The lowest BCUT2D eigenvalue weighted by Crippen LogP contribution is -1.85. The third kappa shape index (κ3) is 8.00. The summed E-state index contributed by atoms with van der Waals surface area (Å²) in [7, 11) is 0. The molecular formula is C10H22. The van der Waals surface area contributed by atoms with Gasteiger partial charge in [-0.1, -0.05) is 34.5 Å². The summed E-state index contributed by atoms with van der Waals surface area (Å²) in [6.45, 7) is 6.23. The summed E-state index contributed by atoms with van der Waals surface area (Å²) in [6.07, 6.45) is 3.00. The fraction of sp³-hybridized carbons (Fsp3) is 1.00. The largest absolute Gasteiger partial charge is 0.0630 e. The summed E-state index contributed by atoms with van der Waals surface area (Å²) in [5.74, 6) is 1.86. The van der Waals surface area contributed by atoms with Crippen LogP contribution in [0.2, 0.25) is 0 Å². The first-order chi connectivity index (χ1) is 5.75. The molecule has 1 aliphatic carbocycles. The first-order valence-electron chi connectivity index (χ1n) is 5.75. The quantitative estimate of drug-likeness (QED) is 0.527. The Morgan fingerprint density at radius 1 is 1.20 bits per heavy atom. The van der Waals surface area contributed by atoms with Crippen LogP contribution in [-0.2, 0) is 0 Å².